The number of hydrogen-bond acceptors (Lipinski definition) is 3. The molecular formula is C17H23NO3. The number of nitrogens with zero attached hydrogens (tertiary/aromatic N) is 1. The molecule has 2 aliphatic rings. The Balaban J connectivity index is 1.47. The number of aryl methyl sites for hydroxylation is 1. The van der Waals surface area contributed by atoms with Gasteiger partial charge in [-0.2, -0.15) is 0 Å². The van der Waals surface area contributed by atoms with Crippen molar-refractivity contribution >= 4 is 5.91 Å². The molecule has 1 spiro atoms. The van der Waals surface area contributed by atoms with Crippen LogP contribution in [0.3, 0.4) is 0 Å². The van der Waals surface area contributed by atoms with Crippen molar-refractivity contribution in [2.24, 2.45) is 0 Å². The molecule has 1 atom stereocenters. The molecule has 3 rings (SSSR count). The molecule has 1 aromatic carbocycles. The van der Waals surface area contributed by atoms with Crippen molar-refractivity contribution in [1.82, 2.24) is 4.90 Å². The lowest BCUT2D eigenvalue weighted by molar-refractivity contribution is -0.194. The van der Waals surface area contributed by atoms with E-state index in [0.29, 0.717) is 13.0 Å². The number of carbonyl (C=O) groups is 1. The van der Waals surface area contributed by atoms with E-state index in [4.69, 9.17) is 9.47 Å². The Bertz CT molecular complexity index is 480. The number of likely N-dealkylation sites (tertiary alicyclic amines) is 1. The van der Waals surface area contributed by atoms with Crippen molar-refractivity contribution in [3.63, 3.8) is 0 Å². The van der Waals surface area contributed by atoms with E-state index in [0.717, 1.165) is 32.4 Å². The lowest BCUT2D eigenvalue weighted by Crippen LogP contribution is -2.47. The summed E-state index contributed by atoms with van der Waals surface area (Å²) in [6.45, 7) is 4.18. The Hall–Kier alpha value is -1.39. The van der Waals surface area contributed by atoms with Gasteiger partial charge in [-0.1, -0.05) is 30.3 Å². The molecule has 0 saturated carbocycles. The summed E-state index contributed by atoms with van der Waals surface area (Å²) in [5.74, 6) is -0.185. The quantitative estimate of drug-likeness (QED) is 0.857. The minimum atomic E-state index is -0.421. The maximum atomic E-state index is 12.3. The lowest BCUT2D eigenvalue weighted by atomic mass is 10.0. The van der Waals surface area contributed by atoms with Gasteiger partial charge in [0.2, 0.25) is 5.91 Å². The molecule has 21 heavy (non-hydrogen) atoms. The molecular weight excluding hydrogens is 266 g/mol. The van der Waals surface area contributed by atoms with Crippen LogP contribution < -0.4 is 0 Å². The SMILES string of the molecule is CC1COC2(CCN(C(=O)CCc3ccccc3)CC2)O1. The molecule has 0 aliphatic carbocycles. The third-order valence-electron chi connectivity index (χ3n) is 4.35. The van der Waals surface area contributed by atoms with Crippen LogP contribution in [0.15, 0.2) is 30.3 Å². The first-order chi connectivity index (χ1) is 10.2. The number of piperidine rings is 1. The summed E-state index contributed by atoms with van der Waals surface area (Å²) in [7, 11) is 0. The Morgan fingerprint density at radius 3 is 2.62 bits per heavy atom. The summed E-state index contributed by atoms with van der Waals surface area (Å²) >= 11 is 0. The van der Waals surface area contributed by atoms with Crippen LogP contribution in [-0.2, 0) is 20.7 Å². The molecule has 0 bridgehead atoms. The standard InChI is InChI=1S/C17H23NO3/c1-14-13-20-17(21-14)9-11-18(12-10-17)16(19)8-7-15-5-3-2-4-6-15/h2-6,14H,7-13H2,1H3. The van der Waals surface area contributed by atoms with Gasteiger partial charge in [0.15, 0.2) is 5.79 Å². The first kappa shape index (κ1) is 14.5. The summed E-state index contributed by atoms with van der Waals surface area (Å²) in [4.78, 5) is 14.2. The van der Waals surface area contributed by atoms with Crippen molar-refractivity contribution in [2.45, 2.75) is 44.5 Å². The van der Waals surface area contributed by atoms with Crippen molar-refractivity contribution in [3.05, 3.63) is 35.9 Å². The first-order valence-corrected chi connectivity index (χ1v) is 7.80. The van der Waals surface area contributed by atoms with Gasteiger partial charge in [0.25, 0.3) is 0 Å². The van der Waals surface area contributed by atoms with Crippen LogP contribution in [0, 0.1) is 0 Å². The van der Waals surface area contributed by atoms with Crippen LogP contribution in [0.1, 0.15) is 31.7 Å². The van der Waals surface area contributed by atoms with Gasteiger partial charge in [-0.3, -0.25) is 4.79 Å². The fraction of sp³-hybridized carbons (Fsp3) is 0.588. The van der Waals surface area contributed by atoms with E-state index >= 15 is 0 Å². The predicted molar refractivity (Wildman–Crippen MR) is 79.8 cm³/mol. The van der Waals surface area contributed by atoms with E-state index in [-0.39, 0.29) is 12.0 Å². The number of amides is 1. The average molecular weight is 289 g/mol. The molecule has 0 N–H and O–H groups in total. The highest BCUT2D eigenvalue weighted by Crippen LogP contribution is 2.34. The third-order valence-corrected chi connectivity index (χ3v) is 4.35. The number of rotatable bonds is 3. The molecule has 1 amide bonds. The van der Waals surface area contributed by atoms with Gasteiger partial charge < -0.3 is 14.4 Å². The fourth-order valence-electron chi connectivity index (χ4n) is 3.12. The predicted octanol–water partition coefficient (Wildman–Crippen LogP) is 2.37. The number of carbonyl (C=O) groups excluding carboxylic acids is 1. The largest absolute Gasteiger partial charge is 0.347 e. The molecule has 2 saturated heterocycles. The second-order valence-corrected chi connectivity index (χ2v) is 6.02. The van der Waals surface area contributed by atoms with Crippen LogP contribution in [-0.4, -0.2) is 42.4 Å². The van der Waals surface area contributed by atoms with Gasteiger partial charge >= 0.3 is 0 Å². The highest BCUT2D eigenvalue weighted by molar-refractivity contribution is 5.76. The molecule has 0 aromatic heterocycles. The summed E-state index contributed by atoms with van der Waals surface area (Å²) < 4.78 is 11.7. The zero-order valence-electron chi connectivity index (χ0n) is 12.6. The monoisotopic (exact) mass is 289 g/mol. The minimum Gasteiger partial charge on any atom is -0.347 e. The summed E-state index contributed by atoms with van der Waals surface area (Å²) in [5.41, 5.74) is 1.22. The molecule has 2 fully saturated rings. The molecule has 4 nitrogen and oxygen atoms in total. The lowest BCUT2D eigenvalue weighted by Gasteiger charge is -2.37. The first-order valence-electron chi connectivity index (χ1n) is 7.80. The van der Waals surface area contributed by atoms with E-state index < -0.39 is 5.79 Å². The summed E-state index contributed by atoms with van der Waals surface area (Å²) in [5, 5.41) is 0. The summed E-state index contributed by atoms with van der Waals surface area (Å²) in [6, 6.07) is 10.2. The molecule has 0 radical (unpaired) electrons. The van der Waals surface area contributed by atoms with E-state index in [1.165, 1.54) is 5.56 Å². The molecule has 2 heterocycles. The van der Waals surface area contributed by atoms with Crippen molar-refractivity contribution in [2.75, 3.05) is 19.7 Å². The van der Waals surface area contributed by atoms with Crippen molar-refractivity contribution in [1.29, 1.82) is 0 Å². The Morgan fingerprint density at radius 2 is 2.00 bits per heavy atom. The fourth-order valence-corrected chi connectivity index (χ4v) is 3.12. The Morgan fingerprint density at radius 1 is 1.29 bits per heavy atom. The normalized spacial score (nSPS) is 24.4. The van der Waals surface area contributed by atoms with Gasteiger partial charge in [0, 0.05) is 32.4 Å². The molecule has 2 aliphatic heterocycles. The van der Waals surface area contributed by atoms with Gasteiger partial charge in [0.1, 0.15) is 0 Å². The second-order valence-electron chi connectivity index (χ2n) is 6.02. The maximum absolute atomic E-state index is 12.3. The van der Waals surface area contributed by atoms with Crippen LogP contribution in [0.25, 0.3) is 0 Å². The van der Waals surface area contributed by atoms with Gasteiger partial charge in [0.05, 0.1) is 12.7 Å². The molecule has 1 unspecified atom stereocenters. The summed E-state index contributed by atoms with van der Waals surface area (Å²) in [6.07, 6.45) is 3.13. The minimum absolute atomic E-state index is 0.172. The van der Waals surface area contributed by atoms with Crippen molar-refractivity contribution in [3.8, 4) is 0 Å². The molecule has 114 valence electrons. The smallest absolute Gasteiger partial charge is 0.222 e. The number of hydrogen-bond donors (Lipinski definition) is 0. The zero-order valence-corrected chi connectivity index (χ0v) is 12.6. The van der Waals surface area contributed by atoms with E-state index in [2.05, 4.69) is 12.1 Å². The molecule has 1 aromatic rings. The highest BCUT2D eigenvalue weighted by Gasteiger charge is 2.43. The van der Waals surface area contributed by atoms with Crippen LogP contribution in [0.5, 0.6) is 0 Å². The van der Waals surface area contributed by atoms with Crippen LogP contribution in [0.4, 0.5) is 0 Å². The number of ether oxygens (including phenoxy) is 2. The zero-order chi connectivity index (χ0) is 14.7. The molecule has 4 heteroatoms. The van der Waals surface area contributed by atoms with Crippen molar-refractivity contribution < 1.29 is 14.3 Å². The third kappa shape index (κ3) is 3.44. The van der Waals surface area contributed by atoms with Gasteiger partial charge in [-0.05, 0) is 18.9 Å². The van der Waals surface area contributed by atoms with Crippen LogP contribution >= 0.6 is 0 Å². The maximum Gasteiger partial charge on any atom is 0.222 e. The van der Waals surface area contributed by atoms with Gasteiger partial charge in [-0.15, -0.1) is 0 Å². The van der Waals surface area contributed by atoms with Gasteiger partial charge in [-0.25, -0.2) is 0 Å². The average Bonchev–Trinajstić information content (AvgIpc) is 2.87. The number of benzene rings is 1. The Labute approximate surface area is 126 Å². The topological polar surface area (TPSA) is 38.8 Å². The van der Waals surface area contributed by atoms with E-state index in [1.54, 1.807) is 0 Å². The second kappa shape index (κ2) is 6.16. The van der Waals surface area contributed by atoms with E-state index in [9.17, 15) is 4.79 Å². The van der Waals surface area contributed by atoms with E-state index in [1.807, 2.05) is 30.0 Å². The Kier molecular flexibility index (Phi) is 4.27. The van der Waals surface area contributed by atoms with Crippen LogP contribution in [0.2, 0.25) is 0 Å². The highest BCUT2D eigenvalue weighted by atomic mass is 16.7.